The summed E-state index contributed by atoms with van der Waals surface area (Å²) in [6.07, 6.45) is -4.22. The minimum absolute atomic E-state index is 0.000688. The Balaban J connectivity index is 1.31. The summed E-state index contributed by atoms with van der Waals surface area (Å²) in [5, 5.41) is 77.6. The van der Waals surface area contributed by atoms with Gasteiger partial charge < -0.3 is 70.1 Å². The molecule has 2 amide bonds. The van der Waals surface area contributed by atoms with Gasteiger partial charge in [-0.3, -0.25) is 14.4 Å². The summed E-state index contributed by atoms with van der Waals surface area (Å²) in [5.41, 5.74) is 0.844. The molecule has 0 unspecified atom stereocenters. The molecule has 382 valence electrons. The molecular weight excluding hydrogens is 965 g/mol. The third-order valence-electron chi connectivity index (χ3n) is 11.8. The lowest BCUT2D eigenvalue weighted by atomic mass is 9.86. The van der Waals surface area contributed by atoms with Gasteiger partial charge in [0.25, 0.3) is 11.8 Å². The highest BCUT2D eigenvalue weighted by molar-refractivity contribution is 5.94. The minimum Gasteiger partial charge on any atom is -0.504 e. The largest absolute Gasteiger partial charge is 0.504 e. The summed E-state index contributed by atoms with van der Waals surface area (Å²) in [4.78, 5) is 83.9. The van der Waals surface area contributed by atoms with E-state index in [1.165, 1.54) is 48.5 Å². The van der Waals surface area contributed by atoms with Crippen LogP contribution in [0.25, 0.3) is 6.08 Å². The van der Waals surface area contributed by atoms with E-state index in [1.807, 2.05) is 0 Å². The summed E-state index contributed by atoms with van der Waals surface area (Å²) in [7, 11) is 2.20. The second-order valence-corrected chi connectivity index (χ2v) is 16.7. The van der Waals surface area contributed by atoms with E-state index in [2.05, 4.69) is 10.6 Å². The highest BCUT2D eigenvalue weighted by Crippen LogP contribution is 2.53. The Labute approximate surface area is 421 Å². The zero-order valence-corrected chi connectivity index (χ0v) is 39.3. The molecule has 0 saturated carbocycles. The molecule has 0 aromatic heterocycles. The molecule has 1 aliphatic heterocycles. The van der Waals surface area contributed by atoms with Crippen LogP contribution in [0.5, 0.6) is 46.0 Å². The van der Waals surface area contributed by atoms with E-state index in [0.717, 1.165) is 56.7 Å². The molecule has 20 heteroatoms. The molecule has 1 heterocycles. The Kier molecular flexibility index (Phi) is 16.2. The van der Waals surface area contributed by atoms with Gasteiger partial charge in [-0.15, -0.1) is 0 Å². The number of phenols is 7. The van der Waals surface area contributed by atoms with E-state index in [0.29, 0.717) is 5.56 Å². The number of aromatic hydroxyl groups is 7. The molecule has 0 aliphatic carbocycles. The quantitative estimate of drug-likeness (QED) is 0.0230. The van der Waals surface area contributed by atoms with Gasteiger partial charge in [0, 0.05) is 24.5 Å². The van der Waals surface area contributed by atoms with Crippen LogP contribution in [-0.4, -0.2) is 97.9 Å². The Hall–Kier alpha value is -9.72. The second-order valence-electron chi connectivity index (χ2n) is 16.7. The molecule has 0 radical (unpaired) electrons. The number of rotatable bonds is 18. The second kappa shape index (κ2) is 23.0. The van der Waals surface area contributed by atoms with Crippen molar-refractivity contribution >= 4 is 41.8 Å². The number of benzene rings is 6. The van der Waals surface area contributed by atoms with Gasteiger partial charge >= 0.3 is 23.9 Å². The Morgan fingerprint density at radius 1 is 0.568 bits per heavy atom. The Morgan fingerprint density at radius 3 is 1.62 bits per heavy atom. The van der Waals surface area contributed by atoms with Crippen LogP contribution in [0, 0.1) is 0 Å². The number of carbonyl (C=O) groups is 6. The third-order valence-corrected chi connectivity index (χ3v) is 11.8. The normalized spacial score (nSPS) is 15.3. The summed E-state index contributed by atoms with van der Waals surface area (Å²) in [6, 6.07) is 26.2. The zero-order chi connectivity index (χ0) is 53.2. The van der Waals surface area contributed by atoms with Crippen molar-refractivity contribution in [1.29, 1.82) is 0 Å². The van der Waals surface area contributed by atoms with Crippen LogP contribution in [0.2, 0.25) is 0 Å². The highest BCUT2D eigenvalue weighted by atomic mass is 16.6. The van der Waals surface area contributed by atoms with Crippen LogP contribution in [0.4, 0.5) is 0 Å². The van der Waals surface area contributed by atoms with Crippen LogP contribution in [0.3, 0.4) is 0 Å². The zero-order valence-electron chi connectivity index (χ0n) is 39.3. The number of fused-ring (bicyclic) bond motifs is 1. The SMILES string of the molecule is COC(=O)[C@@H](NC(=O)[C@@H](Cc1ccc(O)c2c1[C@H](C(=O)O[C@H](Cc1ccc(O)c(O)c1)C(=O)N[C@H](C(=O)OC)c1ccccc1)[C@@H](c1ccc(O)c(O)c1)O2)OC(=O)/C=C/c1ccc(O)c(O)c1)c1ccccc1. The van der Waals surface area contributed by atoms with Crippen molar-refractivity contribution in [3.63, 3.8) is 0 Å². The average Bonchev–Trinajstić information content (AvgIpc) is 3.82. The lowest BCUT2D eigenvalue weighted by molar-refractivity contribution is -0.159. The molecule has 6 aromatic rings. The molecule has 9 N–H and O–H groups in total. The number of methoxy groups -OCH3 is 2. The maximum Gasteiger partial charge on any atom is 0.333 e. The number of hydrogen-bond acceptors (Lipinski definition) is 18. The number of amides is 2. The number of phenolic OH excluding ortho intramolecular Hbond substituents is 7. The lowest BCUT2D eigenvalue weighted by Gasteiger charge is -2.26. The van der Waals surface area contributed by atoms with E-state index in [-0.39, 0.29) is 39.1 Å². The van der Waals surface area contributed by atoms with Gasteiger partial charge in [0.05, 0.1) is 14.2 Å². The number of nitrogens with one attached hydrogen (secondary N) is 2. The van der Waals surface area contributed by atoms with Gasteiger partial charge in [-0.1, -0.05) is 84.9 Å². The molecular formula is C54H48N2O18. The van der Waals surface area contributed by atoms with Crippen LogP contribution in [-0.2, 0) is 60.6 Å². The Morgan fingerprint density at radius 2 is 1.08 bits per heavy atom. The third kappa shape index (κ3) is 12.1. The van der Waals surface area contributed by atoms with Crippen molar-refractivity contribution < 1.29 is 88.2 Å². The van der Waals surface area contributed by atoms with E-state index in [9.17, 15) is 59.7 Å². The fourth-order valence-electron chi connectivity index (χ4n) is 8.08. The number of ether oxygens (including phenoxy) is 5. The van der Waals surface area contributed by atoms with Gasteiger partial charge in [-0.05, 0) is 81.9 Å². The molecule has 0 saturated heterocycles. The van der Waals surface area contributed by atoms with Gasteiger partial charge in [-0.2, -0.15) is 0 Å². The molecule has 0 spiro atoms. The first-order chi connectivity index (χ1) is 35.5. The van der Waals surface area contributed by atoms with E-state index in [1.54, 1.807) is 48.5 Å². The Bertz CT molecular complexity index is 3110. The molecule has 6 aromatic carbocycles. The van der Waals surface area contributed by atoms with E-state index >= 15 is 4.79 Å². The topological polar surface area (TPSA) is 314 Å². The molecule has 6 atom stereocenters. The first kappa shape index (κ1) is 52.1. The van der Waals surface area contributed by atoms with Crippen molar-refractivity contribution in [2.24, 2.45) is 0 Å². The smallest absolute Gasteiger partial charge is 0.333 e. The summed E-state index contributed by atoms with van der Waals surface area (Å²) in [6.45, 7) is 0. The van der Waals surface area contributed by atoms with Crippen LogP contribution in [0.15, 0.2) is 133 Å². The van der Waals surface area contributed by atoms with Gasteiger partial charge in [-0.25, -0.2) is 14.4 Å². The maximum absolute atomic E-state index is 15.1. The van der Waals surface area contributed by atoms with E-state index in [4.69, 9.17) is 23.7 Å². The summed E-state index contributed by atoms with van der Waals surface area (Å²) in [5.74, 6) is -12.1. The van der Waals surface area contributed by atoms with Gasteiger partial charge in [0.1, 0.15) is 12.0 Å². The van der Waals surface area contributed by atoms with Crippen LogP contribution >= 0.6 is 0 Å². The van der Waals surface area contributed by atoms with Crippen molar-refractivity contribution in [2.75, 3.05) is 14.2 Å². The monoisotopic (exact) mass is 1010 g/mol. The predicted octanol–water partition coefficient (Wildman–Crippen LogP) is 5.23. The minimum atomic E-state index is -1.87. The predicted molar refractivity (Wildman–Crippen MR) is 258 cm³/mol. The molecule has 74 heavy (non-hydrogen) atoms. The number of carbonyl (C=O) groups excluding carboxylic acids is 6. The van der Waals surface area contributed by atoms with Gasteiger partial charge in [0.2, 0.25) is 0 Å². The first-order valence-electron chi connectivity index (χ1n) is 22.5. The first-order valence-corrected chi connectivity index (χ1v) is 22.5. The summed E-state index contributed by atoms with van der Waals surface area (Å²) >= 11 is 0. The van der Waals surface area contributed by atoms with Crippen LogP contribution < -0.4 is 15.4 Å². The van der Waals surface area contributed by atoms with Crippen molar-refractivity contribution in [3.05, 3.63) is 172 Å². The summed E-state index contributed by atoms with van der Waals surface area (Å²) < 4.78 is 28.0. The number of hydrogen-bond donors (Lipinski definition) is 9. The van der Waals surface area contributed by atoms with Crippen molar-refractivity contribution in [1.82, 2.24) is 10.6 Å². The molecule has 1 aliphatic rings. The fourth-order valence-corrected chi connectivity index (χ4v) is 8.08. The van der Waals surface area contributed by atoms with Crippen LogP contribution in [0.1, 0.15) is 63.0 Å². The molecule has 7 rings (SSSR count). The maximum atomic E-state index is 15.1. The molecule has 0 bridgehead atoms. The van der Waals surface area contributed by atoms with E-state index < -0.39 is 125 Å². The fraction of sp³-hybridized carbons (Fsp3) is 0.185. The standard InChI is InChI=1S/C54H48N2O18/c1-70-53(68)46(30-9-5-3-6-10-30)55-50(65)41(25-29-14-19-35(58)39(62)24-29)73-52(67)45-44-32(16-21-37(60)49(44)74-48(45)33-17-20-36(59)40(63)26-33)27-42(72-43(64)22-15-28-13-18-34(57)38(61)23-28)51(66)56-47(54(69)71-2)31-11-7-4-8-12-31/h3-24,26,41-42,45-48,57-63H,25,27H2,1-2H3,(H,55,65)(H,56,66)/b22-15+/t41-,42-,45+,46+,47+,48-/m1/s1. The molecule has 20 nitrogen and oxygen atoms in total. The van der Waals surface area contributed by atoms with Crippen molar-refractivity contribution in [2.45, 2.75) is 49.2 Å². The highest BCUT2D eigenvalue weighted by Gasteiger charge is 2.47. The number of esters is 4. The average molecular weight is 1010 g/mol. The molecule has 0 fully saturated rings. The van der Waals surface area contributed by atoms with Gasteiger partial charge in [0.15, 0.2) is 70.3 Å². The lowest BCUT2D eigenvalue weighted by Crippen LogP contribution is -2.44. The van der Waals surface area contributed by atoms with Crippen molar-refractivity contribution in [3.8, 4) is 46.0 Å².